The van der Waals surface area contributed by atoms with E-state index in [4.69, 9.17) is 0 Å². The molecule has 1 nitrogen and oxygen atoms in total. The zero-order valence-corrected chi connectivity index (χ0v) is 30.4. The molecule has 0 aliphatic heterocycles. The summed E-state index contributed by atoms with van der Waals surface area (Å²) in [6.07, 6.45) is 29.8. The standard InChI is InChI=1S/C41H66OS2/c1-3-5-7-9-11-13-15-17-19-25-33-43-35-31-37-27-21-23-29-39(37)41(42)40-30-24-22-28-38(40)32-36-44-34-26-20-18-16-14-12-10-8-6-4-2/h21-24,27-30H,3-20,25-26,31-36H2,1-2H3. The number of thioether (sulfide) groups is 2. The highest BCUT2D eigenvalue weighted by Crippen LogP contribution is 2.22. The van der Waals surface area contributed by atoms with Crippen LogP contribution in [0.4, 0.5) is 0 Å². The van der Waals surface area contributed by atoms with Crippen molar-refractivity contribution in [2.24, 2.45) is 0 Å². The number of benzene rings is 2. The Kier molecular flexibility index (Phi) is 24.9. The van der Waals surface area contributed by atoms with Crippen molar-refractivity contribution in [3.8, 4) is 0 Å². The van der Waals surface area contributed by atoms with Crippen molar-refractivity contribution in [2.45, 2.75) is 155 Å². The van der Waals surface area contributed by atoms with E-state index in [1.54, 1.807) is 0 Å². The minimum absolute atomic E-state index is 0.204. The zero-order chi connectivity index (χ0) is 31.3. The van der Waals surface area contributed by atoms with E-state index in [0.29, 0.717) is 0 Å². The summed E-state index contributed by atoms with van der Waals surface area (Å²) in [6, 6.07) is 16.7. The number of ketones is 1. The van der Waals surface area contributed by atoms with Crippen LogP contribution in [-0.2, 0) is 12.8 Å². The maximum atomic E-state index is 13.7. The van der Waals surface area contributed by atoms with Gasteiger partial charge in [-0.2, -0.15) is 23.5 Å². The number of carbonyl (C=O) groups excluding carboxylic acids is 1. The van der Waals surface area contributed by atoms with Crippen LogP contribution in [0.15, 0.2) is 48.5 Å². The van der Waals surface area contributed by atoms with Crippen LogP contribution in [0.5, 0.6) is 0 Å². The first-order valence-electron chi connectivity index (χ1n) is 18.6. The van der Waals surface area contributed by atoms with E-state index in [9.17, 15) is 4.79 Å². The lowest BCUT2D eigenvalue weighted by molar-refractivity contribution is 0.103. The second kappa shape index (κ2) is 28.1. The summed E-state index contributed by atoms with van der Waals surface area (Å²) >= 11 is 4.11. The monoisotopic (exact) mass is 638 g/mol. The van der Waals surface area contributed by atoms with E-state index in [1.165, 1.54) is 151 Å². The molecule has 0 heterocycles. The van der Waals surface area contributed by atoms with Gasteiger partial charge in [0.25, 0.3) is 0 Å². The Morgan fingerprint density at radius 3 is 1.11 bits per heavy atom. The molecule has 2 aromatic carbocycles. The summed E-state index contributed by atoms with van der Waals surface area (Å²) in [4.78, 5) is 13.7. The Bertz CT molecular complexity index is 880. The van der Waals surface area contributed by atoms with Crippen LogP contribution in [0.1, 0.15) is 169 Å². The van der Waals surface area contributed by atoms with Crippen LogP contribution in [0.25, 0.3) is 0 Å². The fourth-order valence-electron chi connectivity index (χ4n) is 6.02. The molecule has 2 aromatic rings. The van der Waals surface area contributed by atoms with E-state index in [1.807, 2.05) is 24.3 Å². The minimum atomic E-state index is 0.204. The molecule has 0 unspecified atom stereocenters. The maximum Gasteiger partial charge on any atom is 0.193 e. The smallest absolute Gasteiger partial charge is 0.193 e. The summed E-state index contributed by atoms with van der Waals surface area (Å²) in [5.74, 6) is 4.88. The second-order valence-electron chi connectivity index (χ2n) is 12.7. The molecule has 0 bridgehead atoms. The topological polar surface area (TPSA) is 17.1 Å². The Hall–Kier alpha value is -1.19. The molecule has 0 N–H and O–H groups in total. The van der Waals surface area contributed by atoms with Crippen LogP contribution < -0.4 is 0 Å². The number of unbranched alkanes of at least 4 members (excludes halogenated alkanes) is 18. The zero-order valence-electron chi connectivity index (χ0n) is 28.7. The van der Waals surface area contributed by atoms with Crippen molar-refractivity contribution in [1.29, 1.82) is 0 Å². The predicted octanol–water partition coefficient (Wildman–Crippen LogP) is 13.3. The van der Waals surface area contributed by atoms with Crippen molar-refractivity contribution < 1.29 is 4.79 Å². The third-order valence-electron chi connectivity index (χ3n) is 8.84. The van der Waals surface area contributed by atoms with Gasteiger partial charge >= 0.3 is 0 Å². The van der Waals surface area contributed by atoms with E-state index in [0.717, 1.165) is 35.5 Å². The summed E-state index contributed by atoms with van der Waals surface area (Å²) in [5, 5.41) is 0. The third kappa shape index (κ3) is 18.7. The number of hydrogen-bond acceptors (Lipinski definition) is 3. The molecule has 248 valence electrons. The van der Waals surface area contributed by atoms with E-state index in [-0.39, 0.29) is 5.78 Å². The van der Waals surface area contributed by atoms with Gasteiger partial charge in [0, 0.05) is 11.1 Å². The van der Waals surface area contributed by atoms with Crippen LogP contribution in [0, 0.1) is 0 Å². The van der Waals surface area contributed by atoms with Gasteiger partial charge in [0.1, 0.15) is 0 Å². The van der Waals surface area contributed by atoms with Crippen molar-refractivity contribution in [3.05, 3.63) is 70.8 Å². The van der Waals surface area contributed by atoms with Crippen LogP contribution in [0.2, 0.25) is 0 Å². The fourth-order valence-corrected chi connectivity index (χ4v) is 7.97. The van der Waals surface area contributed by atoms with Crippen LogP contribution in [-0.4, -0.2) is 28.8 Å². The molecule has 0 saturated heterocycles. The highest BCUT2D eigenvalue weighted by atomic mass is 32.2. The van der Waals surface area contributed by atoms with Gasteiger partial charge in [-0.3, -0.25) is 4.79 Å². The van der Waals surface area contributed by atoms with Crippen LogP contribution >= 0.6 is 23.5 Å². The summed E-state index contributed by atoms with van der Waals surface area (Å²) in [6.45, 7) is 4.58. The molecule has 3 heteroatoms. The minimum Gasteiger partial charge on any atom is -0.289 e. The third-order valence-corrected chi connectivity index (χ3v) is 11.0. The van der Waals surface area contributed by atoms with Crippen molar-refractivity contribution in [3.63, 3.8) is 0 Å². The summed E-state index contributed by atoms with van der Waals surface area (Å²) < 4.78 is 0. The molecular weight excluding hydrogens is 573 g/mol. The van der Waals surface area contributed by atoms with E-state index in [2.05, 4.69) is 61.6 Å². The Morgan fingerprint density at radius 1 is 0.432 bits per heavy atom. The fraction of sp³-hybridized carbons (Fsp3) is 0.683. The molecule has 0 radical (unpaired) electrons. The second-order valence-corrected chi connectivity index (χ2v) is 15.2. The van der Waals surface area contributed by atoms with Gasteiger partial charge in [0.05, 0.1) is 0 Å². The molecule has 0 atom stereocenters. The molecular formula is C41H66OS2. The summed E-state index contributed by atoms with van der Waals surface area (Å²) in [5.41, 5.74) is 4.21. The molecule has 0 aromatic heterocycles. The lowest BCUT2D eigenvalue weighted by atomic mass is 9.93. The van der Waals surface area contributed by atoms with Gasteiger partial charge in [-0.15, -0.1) is 0 Å². The Morgan fingerprint density at radius 2 is 0.750 bits per heavy atom. The van der Waals surface area contributed by atoms with Gasteiger partial charge < -0.3 is 0 Å². The number of carbonyl (C=O) groups is 1. The van der Waals surface area contributed by atoms with Crippen LogP contribution in [0.3, 0.4) is 0 Å². The lowest BCUT2D eigenvalue weighted by Crippen LogP contribution is -2.09. The molecule has 0 saturated carbocycles. The average Bonchev–Trinajstić information content (AvgIpc) is 3.05. The van der Waals surface area contributed by atoms with Crippen molar-refractivity contribution in [2.75, 3.05) is 23.0 Å². The molecule has 2 rings (SSSR count). The molecule has 0 fully saturated rings. The number of aryl methyl sites for hydroxylation is 2. The Balaban J connectivity index is 1.63. The highest BCUT2D eigenvalue weighted by molar-refractivity contribution is 7.99. The first kappa shape index (κ1) is 39.0. The van der Waals surface area contributed by atoms with E-state index < -0.39 is 0 Å². The predicted molar refractivity (Wildman–Crippen MR) is 202 cm³/mol. The van der Waals surface area contributed by atoms with Gasteiger partial charge in [-0.05, 0) is 59.8 Å². The lowest BCUT2D eigenvalue weighted by Gasteiger charge is -2.12. The van der Waals surface area contributed by atoms with Gasteiger partial charge in [-0.25, -0.2) is 0 Å². The summed E-state index contributed by atoms with van der Waals surface area (Å²) in [7, 11) is 0. The van der Waals surface area contributed by atoms with Gasteiger partial charge in [-0.1, -0.05) is 178 Å². The molecule has 0 spiro atoms. The maximum absolute atomic E-state index is 13.7. The highest BCUT2D eigenvalue weighted by Gasteiger charge is 2.16. The van der Waals surface area contributed by atoms with Crippen molar-refractivity contribution >= 4 is 29.3 Å². The quantitative estimate of drug-likeness (QED) is 0.0626. The van der Waals surface area contributed by atoms with Gasteiger partial charge in [0.2, 0.25) is 0 Å². The van der Waals surface area contributed by atoms with E-state index >= 15 is 0 Å². The molecule has 0 aliphatic rings. The largest absolute Gasteiger partial charge is 0.289 e. The molecule has 0 amide bonds. The normalized spacial score (nSPS) is 11.3. The first-order valence-corrected chi connectivity index (χ1v) is 20.9. The SMILES string of the molecule is CCCCCCCCCCCCSCCc1ccccc1C(=O)c1ccccc1CCSCCCCCCCCCCCC. The average molecular weight is 639 g/mol. The van der Waals surface area contributed by atoms with Gasteiger partial charge in [0.15, 0.2) is 5.78 Å². The molecule has 44 heavy (non-hydrogen) atoms. The first-order chi connectivity index (χ1) is 21.8. The number of hydrogen-bond donors (Lipinski definition) is 0. The van der Waals surface area contributed by atoms with Crippen molar-refractivity contribution in [1.82, 2.24) is 0 Å². The Labute approximate surface area is 281 Å². The number of rotatable bonds is 30. The molecule has 0 aliphatic carbocycles.